The van der Waals surface area contributed by atoms with E-state index in [9.17, 15) is 9.59 Å². The summed E-state index contributed by atoms with van der Waals surface area (Å²) in [4.78, 5) is 34.7. The van der Waals surface area contributed by atoms with E-state index < -0.39 is 0 Å². The van der Waals surface area contributed by atoms with Crippen LogP contribution in [0.25, 0.3) is 17.2 Å². The number of carbonyl (C=O) groups excluding carboxylic acids is 1. The van der Waals surface area contributed by atoms with Crippen LogP contribution in [0.1, 0.15) is 23.2 Å². The van der Waals surface area contributed by atoms with Crippen LogP contribution in [0.3, 0.4) is 0 Å². The van der Waals surface area contributed by atoms with Crippen molar-refractivity contribution in [1.82, 2.24) is 24.1 Å². The molecule has 2 aromatic carbocycles. The molecule has 8 nitrogen and oxygen atoms in total. The first kappa shape index (κ1) is 21.7. The summed E-state index contributed by atoms with van der Waals surface area (Å²) in [6.45, 7) is 2.43. The molecule has 0 atom stereocenters. The molecule has 0 radical (unpaired) electrons. The number of fused-ring (bicyclic) bond motifs is 1. The number of amides is 1. The molecule has 0 aliphatic carbocycles. The van der Waals surface area contributed by atoms with Gasteiger partial charge in [-0.15, -0.1) is 16.4 Å². The Morgan fingerprint density at radius 3 is 2.50 bits per heavy atom. The maximum Gasteiger partial charge on any atom is 0.279 e. The van der Waals surface area contributed by atoms with Crippen LogP contribution in [0.2, 0.25) is 0 Å². The van der Waals surface area contributed by atoms with Gasteiger partial charge in [0.2, 0.25) is 11.7 Å². The Hall–Kier alpha value is -4.11. The van der Waals surface area contributed by atoms with E-state index in [2.05, 4.69) is 15.4 Å². The average molecular weight is 471 g/mol. The Morgan fingerprint density at radius 1 is 1.06 bits per heavy atom. The minimum atomic E-state index is -0.256. The summed E-state index contributed by atoms with van der Waals surface area (Å²) in [5.74, 6) is 0.769. The molecule has 0 bridgehead atoms. The Labute approximate surface area is 199 Å². The van der Waals surface area contributed by atoms with E-state index >= 15 is 0 Å². The van der Waals surface area contributed by atoms with Gasteiger partial charge in [0.25, 0.3) is 5.56 Å². The van der Waals surface area contributed by atoms with Crippen LogP contribution in [0.15, 0.2) is 77.0 Å². The first-order valence-electron chi connectivity index (χ1n) is 10.9. The van der Waals surface area contributed by atoms with E-state index in [-0.39, 0.29) is 24.3 Å². The largest absolute Gasteiger partial charge is 0.310 e. The molecule has 0 aliphatic heterocycles. The van der Waals surface area contributed by atoms with Crippen LogP contribution < -0.4 is 10.9 Å². The molecule has 5 rings (SSSR count). The Balaban J connectivity index is 1.56. The second kappa shape index (κ2) is 9.40. The third-order valence-corrected chi connectivity index (χ3v) is 6.31. The molecule has 0 saturated carbocycles. The summed E-state index contributed by atoms with van der Waals surface area (Å²) >= 11 is 1.35. The monoisotopic (exact) mass is 470 g/mol. The predicted molar refractivity (Wildman–Crippen MR) is 132 cm³/mol. The van der Waals surface area contributed by atoms with Gasteiger partial charge in [0, 0.05) is 34.8 Å². The maximum atomic E-state index is 13.4. The summed E-state index contributed by atoms with van der Waals surface area (Å²) in [7, 11) is 0. The van der Waals surface area contributed by atoms with E-state index in [0.717, 1.165) is 16.8 Å². The number of rotatable bonds is 7. The zero-order chi connectivity index (χ0) is 23.5. The fraction of sp³-hybridized carbons (Fsp3) is 0.160. The van der Waals surface area contributed by atoms with Crippen molar-refractivity contribution in [3.8, 4) is 11.4 Å². The number of benzene rings is 2. The Bertz CT molecular complexity index is 1490. The molecule has 34 heavy (non-hydrogen) atoms. The van der Waals surface area contributed by atoms with Crippen molar-refractivity contribution in [1.29, 1.82) is 0 Å². The minimum Gasteiger partial charge on any atom is -0.310 e. The fourth-order valence-corrected chi connectivity index (χ4v) is 4.41. The molecule has 9 heteroatoms. The van der Waals surface area contributed by atoms with Crippen LogP contribution in [0.4, 0.5) is 5.13 Å². The second-order valence-corrected chi connectivity index (χ2v) is 8.73. The van der Waals surface area contributed by atoms with Crippen LogP contribution in [-0.4, -0.2) is 30.1 Å². The van der Waals surface area contributed by atoms with E-state index in [1.54, 1.807) is 11.6 Å². The van der Waals surface area contributed by atoms with Gasteiger partial charge in [-0.25, -0.2) is 4.98 Å². The number of nitrogens with one attached hydrogen (secondary N) is 1. The van der Waals surface area contributed by atoms with Crippen LogP contribution in [-0.2, 0) is 17.8 Å². The van der Waals surface area contributed by atoms with E-state index in [0.29, 0.717) is 28.8 Å². The lowest BCUT2D eigenvalue weighted by Gasteiger charge is -2.15. The van der Waals surface area contributed by atoms with Crippen molar-refractivity contribution in [2.24, 2.45) is 0 Å². The quantitative estimate of drug-likeness (QED) is 0.389. The van der Waals surface area contributed by atoms with E-state index in [1.165, 1.54) is 15.9 Å². The predicted octanol–water partition coefficient (Wildman–Crippen LogP) is 3.94. The minimum absolute atomic E-state index is 0.159. The maximum absolute atomic E-state index is 13.4. The topological polar surface area (TPSA) is 94.2 Å². The molecule has 0 unspecified atom stereocenters. The summed E-state index contributed by atoms with van der Waals surface area (Å²) in [5, 5.41) is 9.65. The first-order valence-corrected chi connectivity index (χ1v) is 11.8. The molecule has 170 valence electrons. The third-order valence-electron chi connectivity index (χ3n) is 5.62. The summed E-state index contributed by atoms with van der Waals surface area (Å²) in [6, 6.07) is 19.6. The lowest BCUT2D eigenvalue weighted by Crippen LogP contribution is -2.27. The highest BCUT2D eigenvalue weighted by Gasteiger charge is 2.19. The van der Waals surface area contributed by atoms with Crippen LogP contribution in [0.5, 0.6) is 0 Å². The highest BCUT2D eigenvalue weighted by molar-refractivity contribution is 7.13. The average Bonchev–Trinajstić information content (AvgIpc) is 3.53. The smallest absolute Gasteiger partial charge is 0.279 e. The highest BCUT2D eigenvalue weighted by Crippen LogP contribution is 2.19. The van der Waals surface area contributed by atoms with Gasteiger partial charge in [-0.1, -0.05) is 60.7 Å². The number of aromatic nitrogens is 5. The van der Waals surface area contributed by atoms with Crippen molar-refractivity contribution in [3.05, 3.63) is 99.4 Å². The van der Waals surface area contributed by atoms with Gasteiger partial charge in [0.1, 0.15) is 0 Å². The van der Waals surface area contributed by atoms with Gasteiger partial charge >= 0.3 is 0 Å². The molecular weight excluding hydrogens is 448 g/mol. The van der Waals surface area contributed by atoms with Crippen molar-refractivity contribution in [2.75, 3.05) is 5.32 Å². The van der Waals surface area contributed by atoms with Gasteiger partial charge in [0.15, 0.2) is 11.0 Å². The Kier molecular flexibility index (Phi) is 6.01. The number of anilines is 1. The summed E-state index contributed by atoms with van der Waals surface area (Å²) in [5.41, 5.74) is 2.97. The first-order chi connectivity index (χ1) is 16.6. The normalized spacial score (nSPS) is 11.1. The fourth-order valence-electron chi connectivity index (χ4n) is 3.87. The molecule has 0 fully saturated rings. The lowest BCUT2D eigenvalue weighted by molar-refractivity contribution is -0.116. The number of hydrogen-bond acceptors (Lipinski definition) is 6. The molecule has 1 amide bonds. The van der Waals surface area contributed by atoms with Gasteiger partial charge in [-0.3, -0.25) is 9.59 Å². The van der Waals surface area contributed by atoms with Crippen LogP contribution >= 0.6 is 11.3 Å². The van der Waals surface area contributed by atoms with Crippen molar-refractivity contribution >= 4 is 28.2 Å². The van der Waals surface area contributed by atoms with Crippen LogP contribution in [0, 0.1) is 6.92 Å². The highest BCUT2D eigenvalue weighted by atomic mass is 32.1. The molecule has 0 spiro atoms. The van der Waals surface area contributed by atoms with Gasteiger partial charge in [-0.05, 0) is 18.9 Å². The van der Waals surface area contributed by atoms with Gasteiger partial charge in [-0.2, -0.15) is 9.50 Å². The summed E-state index contributed by atoms with van der Waals surface area (Å²) < 4.78 is 3.34. The molecule has 3 aromatic heterocycles. The zero-order valence-electron chi connectivity index (χ0n) is 18.5. The molecule has 3 heterocycles. The number of carbonyl (C=O) groups is 1. The van der Waals surface area contributed by atoms with Gasteiger partial charge in [0.05, 0.1) is 6.54 Å². The molecular formula is C25H22N6O2S. The second-order valence-electron chi connectivity index (χ2n) is 7.84. The van der Waals surface area contributed by atoms with Crippen molar-refractivity contribution < 1.29 is 4.79 Å². The molecule has 1 N–H and O–H groups in total. The molecule has 0 aliphatic rings. The zero-order valence-corrected chi connectivity index (χ0v) is 19.3. The third kappa shape index (κ3) is 4.38. The Morgan fingerprint density at radius 2 is 1.79 bits per heavy atom. The number of thiazole rings is 1. The van der Waals surface area contributed by atoms with Gasteiger partial charge < -0.3 is 9.88 Å². The van der Waals surface area contributed by atoms with Crippen molar-refractivity contribution in [3.63, 3.8) is 0 Å². The standard InChI is InChI=1S/C25H22N6O2S/c1-17-20(12-13-21(32)27-24-26-14-15-34-24)23(33)31-25(30(17)16-18-8-4-2-5-9-18)28-22(29-31)19-10-6-3-7-11-19/h2-11,14-15H,12-13,16H2,1H3,(H,26,27,32). The summed E-state index contributed by atoms with van der Waals surface area (Å²) in [6.07, 6.45) is 2.08. The number of hydrogen-bond donors (Lipinski definition) is 1. The lowest BCUT2D eigenvalue weighted by atomic mass is 10.1. The van der Waals surface area contributed by atoms with Crippen molar-refractivity contribution in [2.45, 2.75) is 26.3 Å². The SMILES string of the molecule is Cc1c(CCC(=O)Nc2nccs2)c(=O)n2nc(-c3ccccc3)nc2n1Cc1ccccc1. The van der Waals surface area contributed by atoms with E-state index in [4.69, 9.17) is 4.98 Å². The molecule has 0 saturated heterocycles. The molecule has 5 aromatic rings. The van der Waals surface area contributed by atoms with E-state index in [1.807, 2.05) is 72.2 Å². The number of nitrogens with zero attached hydrogens (tertiary/aromatic N) is 5.